The lowest BCUT2D eigenvalue weighted by atomic mass is 10.2. The topological polar surface area (TPSA) is 72.5 Å². The van der Waals surface area contributed by atoms with Gasteiger partial charge in [0.05, 0.1) is 17.6 Å². The third-order valence-corrected chi connectivity index (χ3v) is 4.31. The highest BCUT2D eigenvalue weighted by atomic mass is 32.2. The van der Waals surface area contributed by atoms with Crippen molar-refractivity contribution in [2.75, 3.05) is 7.11 Å². The predicted octanol–water partition coefficient (Wildman–Crippen LogP) is 1.94. The maximum atomic E-state index is 12.2. The van der Waals surface area contributed by atoms with Crippen molar-refractivity contribution in [1.29, 1.82) is 0 Å². The van der Waals surface area contributed by atoms with E-state index in [1.165, 1.54) is 19.2 Å². The van der Waals surface area contributed by atoms with Crippen molar-refractivity contribution in [3.63, 3.8) is 0 Å². The molecule has 0 aliphatic heterocycles. The molecule has 0 saturated carbocycles. The zero-order chi connectivity index (χ0) is 14.5. The van der Waals surface area contributed by atoms with Crippen molar-refractivity contribution >= 4 is 16.0 Å². The van der Waals surface area contributed by atoms with E-state index < -0.39 is 16.0 Å². The van der Waals surface area contributed by atoms with Crippen LogP contribution in [-0.4, -0.2) is 27.5 Å². The Kier molecular flexibility index (Phi) is 5.50. The molecule has 0 spiro atoms. The first-order valence-corrected chi connectivity index (χ1v) is 7.60. The molecule has 0 bridgehead atoms. The fourth-order valence-electron chi connectivity index (χ4n) is 1.80. The highest BCUT2D eigenvalue weighted by molar-refractivity contribution is 7.89. The summed E-state index contributed by atoms with van der Waals surface area (Å²) >= 11 is 0. The molecule has 0 amide bonds. The smallest absolute Gasteiger partial charge is 0.339 e. The van der Waals surface area contributed by atoms with E-state index in [4.69, 9.17) is 0 Å². The first kappa shape index (κ1) is 15.7. The van der Waals surface area contributed by atoms with Crippen molar-refractivity contribution < 1.29 is 17.9 Å². The van der Waals surface area contributed by atoms with Gasteiger partial charge in [-0.15, -0.1) is 0 Å². The summed E-state index contributed by atoms with van der Waals surface area (Å²) in [7, 11) is -2.50. The van der Waals surface area contributed by atoms with Crippen LogP contribution in [0.25, 0.3) is 0 Å². The number of rotatable bonds is 6. The molecular formula is C13H19NO4S. The second-order valence-corrected chi connectivity index (χ2v) is 5.98. The van der Waals surface area contributed by atoms with E-state index in [1.54, 1.807) is 19.1 Å². The van der Waals surface area contributed by atoms with Gasteiger partial charge in [0, 0.05) is 6.04 Å². The Bertz CT molecular complexity index is 539. The van der Waals surface area contributed by atoms with E-state index in [2.05, 4.69) is 9.46 Å². The molecular weight excluding hydrogens is 266 g/mol. The Balaban J connectivity index is 3.11. The van der Waals surface area contributed by atoms with E-state index in [0.717, 1.165) is 12.8 Å². The van der Waals surface area contributed by atoms with E-state index in [0.29, 0.717) is 0 Å². The molecule has 0 unspecified atom stereocenters. The number of ether oxygens (including phenoxy) is 1. The third-order valence-electron chi connectivity index (χ3n) is 2.66. The lowest BCUT2D eigenvalue weighted by molar-refractivity contribution is 0.0596. The molecule has 0 aromatic heterocycles. The number of carbonyl (C=O) groups is 1. The lowest BCUT2D eigenvalue weighted by Crippen LogP contribution is -2.33. The summed E-state index contributed by atoms with van der Waals surface area (Å²) in [6.07, 6.45) is 1.61. The summed E-state index contributed by atoms with van der Waals surface area (Å²) < 4.78 is 31.6. The molecule has 106 valence electrons. The Morgan fingerprint density at radius 2 is 2.00 bits per heavy atom. The maximum Gasteiger partial charge on any atom is 0.339 e. The number of methoxy groups -OCH3 is 1. The third kappa shape index (κ3) is 4.04. The van der Waals surface area contributed by atoms with Gasteiger partial charge in [-0.25, -0.2) is 17.9 Å². The minimum atomic E-state index is -3.72. The highest BCUT2D eigenvalue weighted by Gasteiger charge is 2.23. The summed E-state index contributed by atoms with van der Waals surface area (Å²) in [5.74, 6) is -0.663. The summed E-state index contributed by atoms with van der Waals surface area (Å²) in [5.41, 5.74) is 0.0428. The number of sulfonamides is 1. The number of benzene rings is 1. The molecule has 0 heterocycles. The molecule has 0 radical (unpaired) electrons. The predicted molar refractivity (Wildman–Crippen MR) is 72.5 cm³/mol. The van der Waals surface area contributed by atoms with Crippen molar-refractivity contribution in [1.82, 2.24) is 4.72 Å². The molecule has 0 aliphatic rings. The van der Waals surface area contributed by atoms with Gasteiger partial charge in [-0.3, -0.25) is 0 Å². The van der Waals surface area contributed by atoms with Crippen LogP contribution in [0.15, 0.2) is 29.2 Å². The SMILES string of the molecule is CCC[C@@H](C)NS(=O)(=O)c1ccccc1C(=O)OC. The fourth-order valence-corrected chi connectivity index (χ4v) is 3.27. The molecule has 1 N–H and O–H groups in total. The number of carbonyl (C=O) groups excluding carboxylic acids is 1. The van der Waals surface area contributed by atoms with E-state index >= 15 is 0 Å². The molecule has 1 rings (SSSR count). The zero-order valence-electron chi connectivity index (χ0n) is 11.3. The van der Waals surface area contributed by atoms with Crippen LogP contribution >= 0.6 is 0 Å². The summed E-state index contributed by atoms with van der Waals surface area (Å²) in [5, 5.41) is 0. The van der Waals surface area contributed by atoms with Crippen LogP contribution in [0.5, 0.6) is 0 Å². The van der Waals surface area contributed by atoms with Crippen LogP contribution in [0, 0.1) is 0 Å². The average molecular weight is 285 g/mol. The van der Waals surface area contributed by atoms with Gasteiger partial charge in [-0.2, -0.15) is 0 Å². The lowest BCUT2D eigenvalue weighted by Gasteiger charge is -2.14. The van der Waals surface area contributed by atoms with Crippen LogP contribution in [0.1, 0.15) is 37.0 Å². The molecule has 1 atom stereocenters. The normalized spacial score (nSPS) is 13.0. The van der Waals surface area contributed by atoms with Crippen molar-refractivity contribution in [3.8, 4) is 0 Å². The largest absolute Gasteiger partial charge is 0.465 e. The molecule has 19 heavy (non-hydrogen) atoms. The van der Waals surface area contributed by atoms with E-state index in [-0.39, 0.29) is 16.5 Å². The zero-order valence-corrected chi connectivity index (χ0v) is 12.2. The van der Waals surface area contributed by atoms with Crippen LogP contribution in [0.4, 0.5) is 0 Å². The van der Waals surface area contributed by atoms with E-state index in [1.807, 2.05) is 6.92 Å². The molecule has 1 aromatic rings. The first-order valence-electron chi connectivity index (χ1n) is 6.12. The Labute approximate surface area is 114 Å². The van der Waals surface area contributed by atoms with Gasteiger partial charge in [0.2, 0.25) is 10.0 Å². The molecule has 0 aliphatic carbocycles. The van der Waals surface area contributed by atoms with Crippen LogP contribution in [0.3, 0.4) is 0 Å². The monoisotopic (exact) mass is 285 g/mol. The van der Waals surface area contributed by atoms with E-state index in [9.17, 15) is 13.2 Å². The average Bonchev–Trinajstić information content (AvgIpc) is 2.37. The van der Waals surface area contributed by atoms with Gasteiger partial charge in [-0.1, -0.05) is 25.5 Å². The second-order valence-electron chi connectivity index (χ2n) is 4.30. The number of nitrogens with one attached hydrogen (secondary N) is 1. The van der Waals surface area contributed by atoms with Crippen LogP contribution in [-0.2, 0) is 14.8 Å². The summed E-state index contributed by atoms with van der Waals surface area (Å²) in [4.78, 5) is 11.5. The Morgan fingerprint density at radius 3 is 2.58 bits per heavy atom. The molecule has 0 fully saturated rings. The van der Waals surface area contributed by atoms with Crippen molar-refractivity contribution in [2.24, 2.45) is 0 Å². The molecule has 6 heteroatoms. The molecule has 0 saturated heterocycles. The number of hydrogen-bond donors (Lipinski definition) is 1. The highest BCUT2D eigenvalue weighted by Crippen LogP contribution is 2.17. The minimum Gasteiger partial charge on any atom is -0.465 e. The van der Waals surface area contributed by atoms with Gasteiger partial charge in [0.1, 0.15) is 0 Å². The first-order chi connectivity index (χ1) is 8.92. The van der Waals surface area contributed by atoms with Crippen LogP contribution in [0.2, 0.25) is 0 Å². The summed E-state index contributed by atoms with van der Waals surface area (Å²) in [6.45, 7) is 3.77. The van der Waals surface area contributed by atoms with Crippen molar-refractivity contribution in [2.45, 2.75) is 37.6 Å². The number of esters is 1. The fraction of sp³-hybridized carbons (Fsp3) is 0.462. The van der Waals surface area contributed by atoms with Crippen molar-refractivity contribution in [3.05, 3.63) is 29.8 Å². The summed E-state index contributed by atoms with van der Waals surface area (Å²) in [6, 6.07) is 5.82. The maximum absolute atomic E-state index is 12.2. The molecule has 1 aromatic carbocycles. The van der Waals surface area contributed by atoms with Gasteiger partial charge in [0.25, 0.3) is 0 Å². The molecule has 5 nitrogen and oxygen atoms in total. The van der Waals surface area contributed by atoms with Gasteiger partial charge >= 0.3 is 5.97 Å². The Hall–Kier alpha value is -1.40. The number of hydrogen-bond acceptors (Lipinski definition) is 4. The minimum absolute atomic E-state index is 0.0428. The van der Waals surface area contributed by atoms with Gasteiger partial charge in [-0.05, 0) is 25.5 Å². The standard InChI is InChI=1S/C13H19NO4S/c1-4-7-10(2)14-19(16,17)12-9-6-5-8-11(12)13(15)18-3/h5-6,8-10,14H,4,7H2,1-3H3/t10-/m1/s1. The van der Waals surface area contributed by atoms with Crippen LogP contribution < -0.4 is 4.72 Å². The van der Waals surface area contributed by atoms with Gasteiger partial charge in [0.15, 0.2) is 0 Å². The quantitative estimate of drug-likeness (QED) is 0.811. The Morgan fingerprint density at radius 1 is 1.37 bits per heavy atom. The second kappa shape index (κ2) is 6.68. The van der Waals surface area contributed by atoms with Gasteiger partial charge < -0.3 is 4.74 Å².